The summed E-state index contributed by atoms with van der Waals surface area (Å²) in [5.41, 5.74) is 0. The number of aliphatic hydroxyl groups is 6. The Hall–Kier alpha value is -0.890. The summed E-state index contributed by atoms with van der Waals surface area (Å²) < 4.78 is 21.6. The Balaban J connectivity index is 1.75. The molecule has 6 N–H and O–H groups in total. The Morgan fingerprint density at radius 2 is 1.60 bits per heavy atom. The number of hydrogen-bond donors (Lipinski definition) is 6. The molecule has 0 spiro atoms. The molecule has 0 aromatic rings. The Morgan fingerprint density at radius 1 is 0.920 bits per heavy atom. The van der Waals surface area contributed by atoms with E-state index >= 15 is 0 Å². The van der Waals surface area contributed by atoms with Gasteiger partial charge in [0.1, 0.15) is 48.8 Å². The maximum Gasteiger partial charge on any atom is 0.227 e. The van der Waals surface area contributed by atoms with Gasteiger partial charge in [0.25, 0.3) is 0 Å². The maximum absolute atomic E-state index is 10.5. The number of ether oxygens (including phenoxy) is 4. The number of hydrogen-bond acceptors (Lipinski definition) is 11. The van der Waals surface area contributed by atoms with Crippen LogP contribution in [0, 0.1) is 0 Å². The van der Waals surface area contributed by atoms with E-state index in [9.17, 15) is 30.6 Å². The molecule has 3 heterocycles. The summed E-state index contributed by atoms with van der Waals surface area (Å²) in [6.45, 7) is 0.473. The molecule has 144 valence electrons. The molecule has 0 aromatic carbocycles. The Kier molecular flexibility index (Phi) is 5.58. The van der Waals surface area contributed by atoms with Gasteiger partial charge in [0.15, 0.2) is 12.2 Å². The first-order chi connectivity index (χ1) is 11.9. The van der Waals surface area contributed by atoms with E-state index in [1.807, 2.05) is 0 Å². The molecule has 0 amide bonds. The van der Waals surface area contributed by atoms with Crippen LogP contribution in [-0.4, -0.2) is 111 Å². The minimum atomic E-state index is -1.63. The second-order valence-corrected chi connectivity index (χ2v) is 6.27. The first-order valence-corrected chi connectivity index (χ1v) is 7.98. The quantitative estimate of drug-likeness (QED) is 0.289. The number of aliphatic hydroxyl groups excluding tert-OH is 6. The van der Waals surface area contributed by atoms with Crippen LogP contribution in [0.1, 0.15) is 6.92 Å². The highest BCUT2D eigenvalue weighted by atomic mass is 16.7. The summed E-state index contributed by atoms with van der Waals surface area (Å²) >= 11 is 0. The van der Waals surface area contributed by atoms with Crippen LogP contribution >= 0.6 is 0 Å². The van der Waals surface area contributed by atoms with Gasteiger partial charge in [-0.15, -0.1) is 0 Å². The van der Waals surface area contributed by atoms with Crippen LogP contribution in [0.3, 0.4) is 0 Å². The maximum atomic E-state index is 10.5. The topological polar surface area (TPSA) is 171 Å². The van der Waals surface area contributed by atoms with Gasteiger partial charge in [-0.25, -0.2) is 4.99 Å². The van der Waals surface area contributed by atoms with E-state index in [1.165, 1.54) is 0 Å². The minimum Gasteiger partial charge on any atom is -0.450 e. The van der Waals surface area contributed by atoms with E-state index in [2.05, 4.69) is 4.99 Å². The van der Waals surface area contributed by atoms with Gasteiger partial charge in [0, 0.05) is 6.92 Å². The molecule has 3 rings (SSSR count). The molecule has 3 aliphatic heterocycles. The molecule has 25 heavy (non-hydrogen) atoms. The predicted molar refractivity (Wildman–Crippen MR) is 78.4 cm³/mol. The molecule has 10 atom stereocenters. The van der Waals surface area contributed by atoms with Gasteiger partial charge in [-0.1, -0.05) is 0 Å². The van der Waals surface area contributed by atoms with Gasteiger partial charge >= 0.3 is 0 Å². The summed E-state index contributed by atoms with van der Waals surface area (Å²) in [5, 5.41) is 58.9. The lowest BCUT2D eigenvalue weighted by atomic mass is 9.96. The van der Waals surface area contributed by atoms with E-state index in [4.69, 9.17) is 18.9 Å². The van der Waals surface area contributed by atoms with Crippen molar-refractivity contribution >= 4 is 5.90 Å². The fraction of sp³-hybridized carbons (Fsp3) is 0.929. The summed E-state index contributed by atoms with van der Waals surface area (Å²) in [4.78, 5) is 4.11. The Morgan fingerprint density at radius 3 is 2.24 bits per heavy atom. The standard InChI is InChI=1S/C14H23NO10/c1-4-15-7-9(19)12(6(3-17)24-13(7)22-4)25-14-11(21)10(20)8(18)5(2-16)23-14/h5-14,16-21H,2-3H2,1H3/t5?,6?,7?,8-,9+,10?,11-,12+,13-,14-/m0/s1. The van der Waals surface area contributed by atoms with Crippen LogP contribution in [0.2, 0.25) is 0 Å². The van der Waals surface area contributed by atoms with Gasteiger partial charge < -0.3 is 49.6 Å². The SMILES string of the molecule is CC1=NC2[C@@H](O1)OC(CO)[C@@H](O[C@@H]1OC(CO)[C@H](O)C(O)[C@@H]1O)[C@@H]2O. The zero-order valence-electron chi connectivity index (χ0n) is 13.5. The molecule has 0 saturated carbocycles. The number of nitrogens with zero attached hydrogens (tertiary/aromatic N) is 1. The Labute approximate surface area is 143 Å². The fourth-order valence-corrected chi connectivity index (χ4v) is 3.20. The smallest absolute Gasteiger partial charge is 0.227 e. The van der Waals surface area contributed by atoms with Crippen molar-refractivity contribution in [3.63, 3.8) is 0 Å². The summed E-state index contributed by atoms with van der Waals surface area (Å²) in [5.74, 6) is 0.319. The highest BCUT2D eigenvalue weighted by Gasteiger charge is 2.52. The highest BCUT2D eigenvalue weighted by molar-refractivity contribution is 5.75. The Bertz CT molecular complexity index is 502. The largest absolute Gasteiger partial charge is 0.450 e. The molecule has 0 aromatic heterocycles. The molecule has 11 nitrogen and oxygen atoms in total. The van der Waals surface area contributed by atoms with E-state index in [-0.39, 0.29) is 0 Å². The summed E-state index contributed by atoms with van der Waals surface area (Å²) in [6, 6.07) is -0.780. The lowest BCUT2D eigenvalue weighted by Crippen LogP contribution is -2.63. The number of fused-ring (bicyclic) bond motifs is 1. The van der Waals surface area contributed by atoms with E-state index < -0.39 is 74.6 Å². The normalized spacial score (nSPS) is 50.1. The van der Waals surface area contributed by atoms with E-state index in [1.54, 1.807) is 6.92 Å². The van der Waals surface area contributed by atoms with Gasteiger partial charge in [-0.05, 0) is 0 Å². The molecule has 3 aliphatic rings. The predicted octanol–water partition coefficient (Wildman–Crippen LogP) is -3.93. The molecular weight excluding hydrogens is 342 g/mol. The lowest BCUT2D eigenvalue weighted by Gasteiger charge is -2.44. The molecule has 0 aliphatic carbocycles. The average Bonchev–Trinajstić information content (AvgIpc) is 2.97. The van der Waals surface area contributed by atoms with Crippen molar-refractivity contribution in [3.05, 3.63) is 0 Å². The third-order valence-electron chi connectivity index (χ3n) is 4.58. The highest BCUT2D eigenvalue weighted by Crippen LogP contribution is 2.32. The van der Waals surface area contributed by atoms with Crippen molar-refractivity contribution in [1.82, 2.24) is 0 Å². The van der Waals surface area contributed by atoms with E-state index in [0.717, 1.165) is 0 Å². The van der Waals surface area contributed by atoms with Crippen LogP contribution in [-0.2, 0) is 18.9 Å². The third kappa shape index (κ3) is 3.39. The first kappa shape index (κ1) is 18.9. The summed E-state index contributed by atoms with van der Waals surface area (Å²) in [6.07, 6.45) is -11.6. The number of rotatable bonds is 4. The zero-order chi connectivity index (χ0) is 18.3. The van der Waals surface area contributed by atoms with Crippen molar-refractivity contribution in [2.45, 2.75) is 68.3 Å². The van der Waals surface area contributed by atoms with Crippen molar-refractivity contribution in [2.75, 3.05) is 13.2 Å². The molecule has 11 heteroatoms. The monoisotopic (exact) mass is 365 g/mol. The van der Waals surface area contributed by atoms with Crippen LogP contribution in [0.5, 0.6) is 0 Å². The van der Waals surface area contributed by atoms with Crippen LogP contribution < -0.4 is 0 Å². The van der Waals surface area contributed by atoms with Gasteiger partial charge in [0.2, 0.25) is 6.29 Å². The van der Waals surface area contributed by atoms with Crippen molar-refractivity contribution in [2.24, 2.45) is 4.99 Å². The van der Waals surface area contributed by atoms with E-state index in [0.29, 0.717) is 5.90 Å². The van der Waals surface area contributed by atoms with Crippen LogP contribution in [0.4, 0.5) is 0 Å². The molecule has 0 radical (unpaired) electrons. The number of aliphatic imine (C=N–C) groups is 1. The van der Waals surface area contributed by atoms with Gasteiger partial charge in [-0.2, -0.15) is 0 Å². The first-order valence-electron chi connectivity index (χ1n) is 7.98. The fourth-order valence-electron chi connectivity index (χ4n) is 3.20. The van der Waals surface area contributed by atoms with Crippen molar-refractivity contribution < 1.29 is 49.6 Å². The van der Waals surface area contributed by atoms with Crippen LogP contribution in [0.15, 0.2) is 4.99 Å². The minimum absolute atomic E-state index is 0.319. The lowest BCUT2D eigenvalue weighted by molar-refractivity contribution is -0.341. The zero-order valence-corrected chi connectivity index (χ0v) is 13.5. The van der Waals surface area contributed by atoms with Crippen LogP contribution in [0.25, 0.3) is 0 Å². The second kappa shape index (κ2) is 7.39. The van der Waals surface area contributed by atoms with Crippen molar-refractivity contribution in [3.8, 4) is 0 Å². The molecule has 4 unspecified atom stereocenters. The third-order valence-corrected chi connectivity index (χ3v) is 4.58. The van der Waals surface area contributed by atoms with Gasteiger partial charge in [-0.3, -0.25) is 0 Å². The molecule has 2 saturated heterocycles. The summed E-state index contributed by atoms with van der Waals surface area (Å²) in [7, 11) is 0. The molecule has 2 fully saturated rings. The molecule has 0 bridgehead atoms. The second-order valence-electron chi connectivity index (χ2n) is 6.27. The van der Waals surface area contributed by atoms with Crippen molar-refractivity contribution in [1.29, 1.82) is 0 Å². The average molecular weight is 365 g/mol. The molecular formula is C14H23NO10. The van der Waals surface area contributed by atoms with Gasteiger partial charge in [0.05, 0.1) is 13.2 Å².